The first-order valence-corrected chi connectivity index (χ1v) is 7.37. The first-order chi connectivity index (χ1) is 9.74. The minimum atomic E-state index is -0.641. The maximum absolute atomic E-state index is 13.1. The number of halogens is 1. The van der Waals surface area contributed by atoms with Crippen molar-refractivity contribution < 1.29 is 9.18 Å². The van der Waals surface area contributed by atoms with Gasteiger partial charge < -0.3 is 5.32 Å². The van der Waals surface area contributed by atoms with E-state index in [2.05, 4.69) is 16.4 Å². The second kappa shape index (κ2) is 5.63. The van der Waals surface area contributed by atoms with Crippen LogP contribution in [0.5, 0.6) is 0 Å². The van der Waals surface area contributed by atoms with Crippen LogP contribution in [0.3, 0.4) is 0 Å². The van der Waals surface area contributed by atoms with Gasteiger partial charge in [0.15, 0.2) is 0 Å². The number of nitrogens with one attached hydrogen (secondary N) is 1. The van der Waals surface area contributed by atoms with Crippen LogP contribution in [-0.2, 0) is 0 Å². The van der Waals surface area contributed by atoms with Crippen LogP contribution in [0.25, 0.3) is 0 Å². The predicted octanol–water partition coefficient (Wildman–Crippen LogP) is 3.19. The van der Waals surface area contributed by atoms with Crippen LogP contribution in [0.15, 0.2) is 47.5 Å². The highest BCUT2D eigenvalue weighted by atomic mass is 32.2. The molecule has 0 bridgehead atoms. The summed E-state index contributed by atoms with van der Waals surface area (Å²) in [5.41, 5.74) is 1.43. The fourth-order valence-electron chi connectivity index (χ4n) is 2.28. The Balaban J connectivity index is 1.81. The lowest BCUT2D eigenvalue weighted by Gasteiger charge is -2.25. The van der Waals surface area contributed by atoms with Crippen molar-refractivity contribution in [1.29, 1.82) is 0 Å². The summed E-state index contributed by atoms with van der Waals surface area (Å²) in [6, 6.07) is 10.7. The summed E-state index contributed by atoms with van der Waals surface area (Å²) in [6.07, 6.45) is 2.18. The zero-order valence-electron chi connectivity index (χ0n) is 10.7. The molecule has 2 aromatic rings. The third-order valence-electron chi connectivity index (χ3n) is 3.25. The summed E-state index contributed by atoms with van der Waals surface area (Å²) in [4.78, 5) is 16.8. The number of carbonyl (C=O) groups excluding carboxylic acids is 1. The van der Waals surface area contributed by atoms with Crippen molar-refractivity contribution in [3.63, 3.8) is 0 Å². The Kier molecular flexibility index (Phi) is 3.69. The Morgan fingerprint density at radius 1 is 1.35 bits per heavy atom. The molecule has 1 amide bonds. The lowest BCUT2D eigenvalue weighted by Crippen LogP contribution is -2.30. The number of carbonyl (C=O) groups is 1. The molecule has 20 heavy (non-hydrogen) atoms. The van der Waals surface area contributed by atoms with Crippen molar-refractivity contribution in [2.75, 3.05) is 5.75 Å². The molecule has 0 radical (unpaired) electrons. The number of hydrogen-bond donors (Lipinski definition) is 1. The highest BCUT2D eigenvalue weighted by Gasteiger charge is 2.22. The van der Waals surface area contributed by atoms with Crippen LogP contribution in [0.2, 0.25) is 0 Å². The second-order valence-corrected chi connectivity index (χ2v) is 5.71. The summed E-state index contributed by atoms with van der Waals surface area (Å²) in [7, 11) is 0. The van der Waals surface area contributed by atoms with Crippen molar-refractivity contribution in [3.8, 4) is 0 Å². The summed E-state index contributed by atoms with van der Waals surface area (Å²) in [5, 5.41) is 2.97. The molecule has 3 rings (SSSR count). The Labute approximate surface area is 120 Å². The van der Waals surface area contributed by atoms with E-state index >= 15 is 0 Å². The summed E-state index contributed by atoms with van der Waals surface area (Å²) in [5.74, 6) is 0.0578. The summed E-state index contributed by atoms with van der Waals surface area (Å²) >= 11 is 1.80. The molecule has 0 spiro atoms. The predicted molar refractivity (Wildman–Crippen MR) is 76.2 cm³/mol. The van der Waals surface area contributed by atoms with Crippen molar-refractivity contribution >= 4 is 17.7 Å². The SMILES string of the molecule is O=C(NC1CCSc2ccccc21)c1ccnc(F)c1. The van der Waals surface area contributed by atoms with Gasteiger partial charge in [0, 0.05) is 28.5 Å². The maximum atomic E-state index is 13.1. The fraction of sp³-hybridized carbons (Fsp3) is 0.200. The zero-order valence-corrected chi connectivity index (χ0v) is 11.5. The Hall–Kier alpha value is -1.88. The fourth-order valence-corrected chi connectivity index (χ4v) is 3.40. The van der Waals surface area contributed by atoms with Crippen LogP contribution in [0.4, 0.5) is 4.39 Å². The van der Waals surface area contributed by atoms with Crippen LogP contribution in [0, 0.1) is 5.95 Å². The molecule has 3 nitrogen and oxygen atoms in total. The van der Waals surface area contributed by atoms with Crippen molar-refractivity contribution in [2.24, 2.45) is 0 Å². The van der Waals surface area contributed by atoms with Crippen LogP contribution >= 0.6 is 11.8 Å². The number of amides is 1. The molecule has 5 heteroatoms. The van der Waals surface area contributed by atoms with Gasteiger partial charge >= 0.3 is 0 Å². The lowest BCUT2D eigenvalue weighted by atomic mass is 10.0. The number of nitrogens with zero attached hydrogens (tertiary/aromatic N) is 1. The van der Waals surface area contributed by atoms with Gasteiger partial charge in [0.25, 0.3) is 5.91 Å². The maximum Gasteiger partial charge on any atom is 0.251 e. The van der Waals surface area contributed by atoms with E-state index in [1.54, 1.807) is 11.8 Å². The minimum Gasteiger partial charge on any atom is -0.345 e. The molecule has 2 heterocycles. The highest BCUT2D eigenvalue weighted by molar-refractivity contribution is 7.99. The number of thioether (sulfide) groups is 1. The quantitative estimate of drug-likeness (QED) is 0.863. The Morgan fingerprint density at radius 2 is 2.20 bits per heavy atom. The van der Waals surface area contributed by atoms with Crippen molar-refractivity contribution in [1.82, 2.24) is 10.3 Å². The van der Waals surface area contributed by atoms with Crippen molar-refractivity contribution in [2.45, 2.75) is 17.4 Å². The highest BCUT2D eigenvalue weighted by Crippen LogP contribution is 2.35. The van der Waals surface area contributed by atoms with E-state index in [0.717, 1.165) is 23.8 Å². The van der Waals surface area contributed by atoms with Gasteiger partial charge in [-0.3, -0.25) is 4.79 Å². The van der Waals surface area contributed by atoms with E-state index in [4.69, 9.17) is 0 Å². The lowest BCUT2D eigenvalue weighted by molar-refractivity contribution is 0.0934. The number of rotatable bonds is 2. The standard InChI is InChI=1S/C15H13FN2OS/c16-14-9-10(5-7-17-14)15(19)18-12-6-8-20-13-4-2-1-3-11(12)13/h1-5,7,9,12H,6,8H2,(H,18,19). The monoisotopic (exact) mass is 288 g/mol. The van der Waals surface area contributed by atoms with Crippen molar-refractivity contribution in [3.05, 3.63) is 59.7 Å². The largest absolute Gasteiger partial charge is 0.345 e. The third-order valence-corrected chi connectivity index (χ3v) is 4.38. The molecule has 0 fully saturated rings. The number of benzene rings is 1. The number of aromatic nitrogens is 1. The van der Waals surface area contributed by atoms with Gasteiger partial charge in [0.05, 0.1) is 6.04 Å². The van der Waals surface area contributed by atoms with Crippen LogP contribution < -0.4 is 5.32 Å². The molecule has 1 aromatic carbocycles. The van der Waals surface area contributed by atoms with Gasteiger partial charge in [-0.05, 0) is 24.1 Å². The summed E-state index contributed by atoms with van der Waals surface area (Å²) in [6.45, 7) is 0. The molecule has 1 aliphatic heterocycles. The zero-order chi connectivity index (χ0) is 13.9. The number of fused-ring (bicyclic) bond motifs is 1. The molecule has 1 N–H and O–H groups in total. The Morgan fingerprint density at radius 3 is 3.05 bits per heavy atom. The molecule has 0 saturated heterocycles. The minimum absolute atomic E-state index is 0.0174. The van der Waals surface area contributed by atoms with Gasteiger partial charge in [0.2, 0.25) is 5.95 Å². The molecule has 1 aromatic heterocycles. The number of pyridine rings is 1. The van der Waals surface area contributed by atoms with Crippen LogP contribution in [-0.4, -0.2) is 16.6 Å². The molecule has 1 unspecified atom stereocenters. The van der Waals surface area contributed by atoms with Gasteiger partial charge in [-0.1, -0.05) is 18.2 Å². The average molecular weight is 288 g/mol. The number of hydrogen-bond acceptors (Lipinski definition) is 3. The Bertz CT molecular complexity index is 647. The molecular weight excluding hydrogens is 275 g/mol. The molecule has 1 aliphatic rings. The second-order valence-electron chi connectivity index (χ2n) is 4.57. The average Bonchev–Trinajstić information content (AvgIpc) is 2.47. The third kappa shape index (κ3) is 2.67. The molecular formula is C15H13FN2OS. The van der Waals surface area contributed by atoms with E-state index in [-0.39, 0.29) is 11.9 Å². The molecule has 1 atom stereocenters. The van der Waals surface area contributed by atoms with E-state index in [0.29, 0.717) is 5.56 Å². The van der Waals surface area contributed by atoms with E-state index < -0.39 is 5.95 Å². The van der Waals surface area contributed by atoms with Gasteiger partial charge in [-0.25, -0.2) is 4.98 Å². The van der Waals surface area contributed by atoms with E-state index in [9.17, 15) is 9.18 Å². The summed E-state index contributed by atoms with van der Waals surface area (Å²) < 4.78 is 13.1. The topological polar surface area (TPSA) is 42.0 Å². The van der Waals surface area contributed by atoms with E-state index in [1.165, 1.54) is 17.2 Å². The van der Waals surface area contributed by atoms with Gasteiger partial charge in [0.1, 0.15) is 0 Å². The van der Waals surface area contributed by atoms with Gasteiger partial charge in [-0.2, -0.15) is 4.39 Å². The smallest absolute Gasteiger partial charge is 0.251 e. The molecule has 102 valence electrons. The molecule has 0 aliphatic carbocycles. The first-order valence-electron chi connectivity index (χ1n) is 6.38. The normalized spacial score (nSPS) is 17.4. The first kappa shape index (κ1) is 13.1. The molecule has 0 saturated carbocycles. The van der Waals surface area contributed by atoms with Gasteiger partial charge in [-0.15, -0.1) is 11.8 Å². The van der Waals surface area contributed by atoms with E-state index in [1.807, 2.05) is 18.2 Å². The van der Waals surface area contributed by atoms with Crippen LogP contribution in [0.1, 0.15) is 28.4 Å².